The summed E-state index contributed by atoms with van der Waals surface area (Å²) in [6, 6.07) is 0. The smallest absolute Gasteiger partial charge is 0.353 e. The van der Waals surface area contributed by atoms with Crippen molar-refractivity contribution in [2.75, 3.05) is 19.8 Å². The molecule has 1 N–H and O–H groups in total. The Morgan fingerprint density at radius 3 is 3.05 bits per heavy atom. The molecule has 8 heteroatoms. The number of hydrogen-bond acceptors (Lipinski definition) is 7. The van der Waals surface area contributed by atoms with Crippen molar-refractivity contribution in [3.63, 3.8) is 0 Å². The Morgan fingerprint density at radius 2 is 2.42 bits per heavy atom. The van der Waals surface area contributed by atoms with Crippen LogP contribution in [0.2, 0.25) is 0 Å². The summed E-state index contributed by atoms with van der Waals surface area (Å²) < 4.78 is 11.1. The minimum Gasteiger partial charge on any atom is -0.477 e. The van der Waals surface area contributed by atoms with Crippen molar-refractivity contribution in [2.24, 2.45) is 4.40 Å². The van der Waals surface area contributed by atoms with E-state index in [4.69, 9.17) is 4.74 Å². The predicted molar refractivity (Wildman–Crippen MR) is 75.2 cm³/mol. The highest BCUT2D eigenvalue weighted by Crippen LogP contribution is 2.26. The summed E-state index contributed by atoms with van der Waals surface area (Å²) in [6.45, 7) is 3.45. The van der Waals surface area contributed by atoms with Gasteiger partial charge in [0.15, 0.2) is 0 Å². The summed E-state index contributed by atoms with van der Waals surface area (Å²) >= 11 is 2.55. The minimum atomic E-state index is -0.979. The Hall–Kier alpha value is -1.38. The summed E-state index contributed by atoms with van der Waals surface area (Å²) in [5, 5.41) is 11.8. The second-order valence-corrected chi connectivity index (χ2v) is 5.21. The Morgan fingerprint density at radius 1 is 1.58 bits per heavy atom. The van der Waals surface area contributed by atoms with E-state index in [1.54, 1.807) is 16.6 Å². The van der Waals surface area contributed by atoms with Crippen LogP contribution >= 0.6 is 23.5 Å². The molecule has 0 aromatic carbocycles. The maximum Gasteiger partial charge on any atom is 0.353 e. The number of carboxylic acids is 1. The van der Waals surface area contributed by atoms with Gasteiger partial charge in [0.25, 0.3) is 0 Å². The standard InChI is InChI=1S/C11H13N3O3S2/c1-2-17-5-4-14-9(11(15)16)7-8(13-19-14)10-12-3-6-18-10/h3,6-7H,2,4-5H2,1H3,(H,15,16). The second kappa shape index (κ2) is 6.69. The minimum absolute atomic E-state index is 0.199. The first kappa shape index (κ1) is 14.0. The van der Waals surface area contributed by atoms with E-state index >= 15 is 0 Å². The molecule has 1 aromatic rings. The Kier molecular flexibility index (Phi) is 4.94. The molecule has 6 nitrogen and oxygen atoms in total. The van der Waals surface area contributed by atoms with Gasteiger partial charge in [0, 0.05) is 18.2 Å². The highest BCUT2D eigenvalue weighted by Gasteiger charge is 2.23. The SMILES string of the molecule is CCOCCN1SN=C(c2nccs2)C=C1C(=O)O. The van der Waals surface area contributed by atoms with Crippen LogP contribution in [-0.4, -0.2) is 45.8 Å². The summed E-state index contributed by atoms with van der Waals surface area (Å²) in [5.41, 5.74) is 0.787. The van der Waals surface area contributed by atoms with Crippen LogP contribution in [0.3, 0.4) is 0 Å². The van der Waals surface area contributed by atoms with Gasteiger partial charge in [-0.1, -0.05) is 0 Å². The molecule has 1 aliphatic rings. The molecule has 0 fully saturated rings. The molecular formula is C11H13N3O3S2. The molecule has 0 spiro atoms. The monoisotopic (exact) mass is 299 g/mol. The molecule has 1 aromatic heterocycles. The average molecular weight is 299 g/mol. The van der Waals surface area contributed by atoms with Crippen molar-refractivity contribution < 1.29 is 14.6 Å². The number of aliphatic carboxylic acids is 1. The van der Waals surface area contributed by atoms with E-state index < -0.39 is 5.97 Å². The summed E-state index contributed by atoms with van der Waals surface area (Å²) in [4.78, 5) is 15.4. The van der Waals surface area contributed by atoms with Gasteiger partial charge in [0.2, 0.25) is 0 Å². The third-order valence-electron chi connectivity index (χ3n) is 2.29. The van der Waals surface area contributed by atoms with E-state index in [1.165, 1.54) is 11.3 Å². The molecule has 0 aliphatic carbocycles. The molecule has 0 atom stereocenters. The first-order valence-corrected chi connectivity index (χ1v) is 7.28. The zero-order chi connectivity index (χ0) is 13.7. The lowest BCUT2D eigenvalue weighted by atomic mass is 10.3. The van der Waals surface area contributed by atoms with Gasteiger partial charge in [-0.05, 0) is 13.0 Å². The van der Waals surface area contributed by atoms with Gasteiger partial charge in [-0.25, -0.2) is 9.78 Å². The van der Waals surface area contributed by atoms with Crippen LogP contribution in [-0.2, 0) is 9.53 Å². The number of hydrogen-bond donors (Lipinski definition) is 1. The highest BCUT2D eigenvalue weighted by atomic mass is 32.2. The molecule has 0 radical (unpaired) electrons. The van der Waals surface area contributed by atoms with Crippen molar-refractivity contribution >= 4 is 35.2 Å². The van der Waals surface area contributed by atoms with Gasteiger partial charge < -0.3 is 9.84 Å². The van der Waals surface area contributed by atoms with Gasteiger partial charge in [-0.2, -0.15) is 4.40 Å². The largest absolute Gasteiger partial charge is 0.477 e. The van der Waals surface area contributed by atoms with Gasteiger partial charge in [0.1, 0.15) is 16.4 Å². The molecule has 2 heterocycles. The molecular weight excluding hydrogens is 286 g/mol. The fourth-order valence-electron chi connectivity index (χ4n) is 1.44. The number of allylic oxidation sites excluding steroid dienone is 1. The van der Waals surface area contributed by atoms with Crippen LogP contribution in [0.5, 0.6) is 0 Å². The molecule has 0 unspecified atom stereocenters. The molecule has 0 saturated heterocycles. The number of rotatable bonds is 6. The lowest BCUT2D eigenvalue weighted by Crippen LogP contribution is -2.27. The quantitative estimate of drug-likeness (QED) is 0.638. The molecule has 19 heavy (non-hydrogen) atoms. The number of nitrogens with zero attached hydrogens (tertiary/aromatic N) is 3. The molecule has 102 valence electrons. The van der Waals surface area contributed by atoms with Crippen molar-refractivity contribution in [3.05, 3.63) is 28.4 Å². The number of ether oxygens (including phenoxy) is 1. The molecule has 1 aliphatic heterocycles. The van der Waals surface area contributed by atoms with Crippen LogP contribution in [0.4, 0.5) is 0 Å². The van der Waals surface area contributed by atoms with Crippen molar-refractivity contribution in [3.8, 4) is 0 Å². The van der Waals surface area contributed by atoms with Gasteiger partial charge in [-0.15, -0.1) is 11.3 Å². The third-order valence-corrected chi connectivity index (χ3v) is 3.94. The Balaban J connectivity index is 2.11. The lowest BCUT2D eigenvalue weighted by Gasteiger charge is -2.23. The zero-order valence-electron chi connectivity index (χ0n) is 10.3. The van der Waals surface area contributed by atoms with Gasteiger partial charge in [-0.3, -0.25) is 4.31 Å². The first-order valence-electron chi connectivity index (χ1n) is 5.67. The van der Waals surface area contributed by atoms with E-state index in [-0.39, 0.29) is 5.70 Å². The van der Waals surface area contributed by atoms with Crippen molar-refractivity contribution in [2.45, 2.75) is 6.92 Å². The topological polar surface area (TPSA) is 75.0 Å². The van der Waals surface area contributed by atoms with E-state index in [0.29, 0.717) is 25.5 Å². The fourth-order valence-corrected chi connectivity index (χ4v) is 2.79. The van der Waals surface area contributed by atoms with E-state index in [0.717, 1.165) is 17.1 Å². The maximum atomic E-state index is 11.3. The number of aromatic nitrogens is 1. The highest BCUT2D eigenvalue weighted by molar-refractivity contribution is 7.96. The van der Waals surface area contributed by atoms with Gasteiger partial charge >= 0.3 is 5.97 Å². The molecule has 2 rings (SSSR count). The van der Waals surface area contributed by atoms with Crippen LogP contribution in [0.1, 0.15) is 11.9 Å². The average Bonchev–Trinajstić information content (AvgIpc) is 2.93. The van der Waals surface area contributed by atoms with Crippen LogP contribution in [0.25, 0.3) is 0 Å². The number of carbonyl (C=O) groups is 1. The van der Waals surface area contributed by atoms with E-state index in [9.17, 15) is 9.90 Å². The van der Waals surface area contributed by atoms with Crippen molar-refractivity contribution in [1.82, 2.24) is 9.29 Å². The zero-order valence-corrected chi connectivity index (χ0v) is 11.9. The Bertz CT molecular complexity index is 499. The summed E-state index contributed by atoms with van der Waals surface area (Å²) in [7, 11) is 0. The number of carboxylic acid groups (broad SMARTS) is 1. The summed E-state index contributed by atoms with van der Waals surface area (Å²) in [6.07, 6.45) is 3.21. The van der Waals surface area contributed by atoms with Gasteiger partial charge in [0.05, 0.1) is 25.3 Å². The number of thiazole rings is 1. The maximum absolute atomic E-state index is 11.3. The molecule has 0 amide bonds. The van der Waals surface area contributed by atoms with Crippen LogP contribution in [0.15, 0.2) is 27.7 Å². The van der Waals surface area contributed by atoms with Crippen molar-refractivity contribution in [1.29, 1.82) is 0 Å². The van der Waals surface area contributed by atoms with E-state index in [1.807, 2.05) is 12.3 Å². The summed E-state index contributed by atoms with van der Waals surface area (Å²) in [5.74, 6) is -0.979. The fraction of sp³-hybridized carbons (Fsp3) is 0.364. The molecule has 0 bridgehead atoms. The predicted octanol–water partition coefficient (Wildman–Crippen LogP) is 1.82. The first-order chi connectivity index (χ1) is 9.22. The van der Waals surface area contributed by atoms with Crippen LogP contribution in [0, 0.1) is 0 Å². The van der Waals surface area contributed by atoms with Crippen LogP contribution < -0.4 is 0 Å². The van der Waals surface area contributed by atoms with E-state index in [2.05, 4.69) is 9.38 Å². The molecule has 0 saturated carbocycles. The Labute approximate surface area is 119 Å². The lowest BCUT2D eigenvalue weighted by molar-refractivity contribution is -0.133. The second-order valence-electron chi connectivity index (χ2n) is 3.53. The third kappa shape index (κ3) is 3.55. The normalized spacial score (nSPS) is 15.1.